The standard InChI is InChI=1S/C13H14Cl2N2O/c1-7(2)3-11-12(17-18-13(11)16)8-4-9(14)6-10(15)5-8/h4-7H,3,16H2,1-2H3. The molecule has 96 valence electrons. The van der Waals surface area contributed by atoms with E-state index in [0.29, 0.717) is 27.5 Å². The number of nitrogen functional groups attached to an aromatic ring is 1. The SMILES string of the molecule is CC(C)Cc1c(-c2cc(Cl)cc(Cl)c2)noc1N. The molecule has 0 saturated carbocycles. The maximum absolute atomic E-state index is 5.99. The van der Waals surface area contributed by atoms with E-state index < -0.39 is 0 Å². The van der Waals surface area contributed by atoms with Crippen molar-refractivity contribution in [1.82, 2.24) is 5.16 Å². The van der Waals surface area contributed by atoms with Crippen LogP contribution in [0.3, 0.4) is 0 Å². The molecule has 0 bridgehead atoms. The van der Waals surface area contributed by atoms with E-state index in [-0.39, 0.29) is 0 Å². The number of nitrogens with two attached hydrogens (primary N) is 1. The van der Waals surface area contributed by atoms with Crippen molar-refractivity contribution in [2.75, 3.05) is 5.73 Å². The van der Waals surface area contributed by atoms with Gasteiger partial charge in [-0.3, -0.25) is 0 Å². The summed E-state index contributed by atoms with van der Waals surface area (Å²) < 4.78 is 5.07. The molecule has 2 N–H and O–H groups in total. The highest BCUT2D eigenvalue weighted by Gasteiger charge is 2.17. The van der Waals surface area contributed by atoms with Gasteiger partial charge in [0, 0.05) is 21.2 Å². The second-order valence-electron chi connectivity index (χ2n) is 4.63. The van der Waals surface area contributed by atoms with Gasteiger partial charge in [0.25, 0.3) is 0 Å². The van der Waals surface area contributed by atoms with Crippen LogP contribution in [-0.4, -0.2) is 5.16 Å². The van der Waals surface area contributed by atoms with Crippen molar-refractivity contribution in [2.24, 2.45) is 5.92 Å². The molecule has 5 heteroatoms. The Kier molecular flexibility index (Phi) is 3.83. The molecule has 0 fully saturated rings. The summed E-state index contributed by atoms with van der Waals surface area (Å²) in [7, 11) is 0. The Hall–Kier alpha value is -1.19. The quantitative estimate of drug-likeness (QED) is 0.907. The molecule has 3 nitrogen and oxygen atoms in total. The Morgan fingerprint density at radius 1 is 1.22 bits per heavy atom. The van der Waals surface area contributed by atoms with Gasteiger partial charge in [0.2, 0.25) is 5.88 Å². The van der Waals surface area contributed by atoms with Gasteiger partial charge in [-0.2, -0.15) is 0 Å². The van der Waals surface area contributed by atoms with E-state index in [0.717, 1.165) is 17.5 Å². The average molecular weight is 285 g/mol. The predicted octanol–water partition coefficient (Wildman–Crippen LogP) is 4.43. The van der Waals surface area contributed by atoms with Crippen LogP contribution < -0.4 is 5.73 Å². The van der Waals surface area contributed by atoms with Crippen molar-refractivity contribution in [3.05, 3.63) is 33.8 Å². The van der Waals surface area contributed by atoms with Gasteiger partial charge in [-0.05, 0) is 30.5 Å². The lowest BCUT2D eigenvalue weighted by Gasteiger charge is -2.06. The van der Waals surface area contributed by atoms with Gasteiger partial charge in [-0.1, -0.05) is 42.2 Å². The highest BCUT2D eigenvalue weighted by atomic mass is 35.5. The summed E-state index contributed by atoms with van der Waals surface area (Å²) in [6.45, 7) is 4.22. The minimum atomic E-state index is 0.356. The molecule has 0 atom stereocenters. The zero-order chi connectivity index (χ0) is 13.3. The zero-order valence-electron chi connectivity index (χ0n) is 10.2. The van der Waals surface area contributed by atoms with Crippen molar-refractivity contribution in [3.8, 4) is 11.3 Å². The molecule has 18 heavy (non-hydrogen) atoms. The lowest BCUT2D eigenvalue weighted by atomic mass is 9.99. The van der Waals surface area contributed by atoms with Gasteiger partial charge in [0.15, 0.2) is 0 Å². The third-order valence-electron chi connectivity index (χ3n) is 2.57. The first-order valence-corrected chi connectivity index (χ1v) is 6.43. The summed E-state index contributed by atoms with van der Waals surface area (Å²) in [5, 5.41) is 5.13. The molecule has 2 aromatic rings. The topological polar surface area (TPSA) is 52.0 Å². The van der Waals surface area contributed by atoms with Crippen LogP contribution >= 0.6 is 23.2 Å². The lowest BCUT2D eigenvalue weighted by molar-refractivity contribution is 0.438. The second-order valence-corrected chi connectivity index (χ2v) is 5.50. The Balaban J connectivity index is 2.50. The predicted molar refractivity (Wildman–Crippen MR) is 74.9 cm³/mol. The average Bonchev–Trinajstić information content (AvgIpc) is 2.58. The molecular formula is C13H14Cl2N2O. The molecule has 0 aliphatic rings. The summed E-state index contributed by atoms with van der Waals surface area (Å²) >= 11 is 12.0. The lowest BCUT2D eigenvalue weighted by Crippen LogP contribution is -1.98. The number of rotatable bonds is 3. The fourth-order valence-electron chi connectivity index (χ4n) is 1.84. The molecule has 0 aliphatic heterocycles. The first kappa shape index (κ1) is 13.2. The maximum atomic E-state index is 5.99. The molecule has 0 radical (unpaired) electrons. The molecule has 1 heterocycles. The fourth-order valence-corrected chi connectivity index (χ4v) is 2.37. The molecule has 0 aliphatic carbocycles. The molecule has 0 saturated heterocycles. The van der Waals surface area contributed by atoms with Crippen LogP contribution in [0.2, 0.25) is 10.0 Å². The molecule has 0 unspecified atom stereocenters. The highest BCUT2D eigenvalue weighted by molar-refractivity contribution is 6.35. The summed E-state index contributed by atoms with van der Waals surface area (Å²) in [6, 6.07) is 5.28. The van der Waals surface area contributed by atoms with E-state index in [1.165, 1.54) is 0 Å². The largest absolute Gasteiger partial charge is 0.367 e. The number of hydrogen-bond acceptors (Lipinski definition) is 3. The summed E-state index contributed by atoms with van der Waals surface area (Å²) in [5.74, 6) is 0.815. The Labute approximate surface area is 116 Å². The van der Waals surface area contributed by atoms with Crippen molar-refractivity contribution >= 4 is 29.1 Å². The Morgan fingerprint density at radius 3 is 2.39 bits per heavy atom. The third-order valence-corrected chi connectivity index (χ3v) is 3.00. The number of hydrogen-bond donors (Lipinski definition) is 1. The van der Waals surface area contributed by atoms with E-state index in [2.05, 4.69) is 19.0 Å². The van der Waals surface area contributed by atoms with E-state index in [1.807, 2.05) is 0 Å². The van der Waals surface area contributed by atoms with Crippen LogP contribution in [0.5, 0.6) is 0 Å². The first-order valence-electron chi connectivity index (χ1n) is 5.68. The van der Waals surface area contributed by atoms with Crippen LogP contribution in [0.1, 0.15) is 19.4 Å². The van der Waals surface area contributed by atoms with Crippen molar-refractivity contribution < 1.29 is 4.52 Å². The van der Waals surface area contributed by atoms with Crippen LogP contribution in [0.25, 0.3) is 11.3 Å². The minimum absolute atomic E-state index is 0.356. The van der Waals surface area contributed by atoms with Gasteiger partial charge in [0.1, 0.15) is 5.69 Å². The monoisotopic (exact) mass is 284 g/mol. The van der Waals surface area contributed by atoms with Crippen molar-refractivity contribution in [2.45, 2.75) is 20.3 Å². The van der Waals surface area contributed by atoms with E-state index in [9.17, 15) is 0 Å². The second kappa shape index (κ2) is 5.21. The van der Waals surface area contributed by atoms with Crippen LogP contribution in [0.4, 0.5) is 5.88 Å². The summed E-state index contributed by atoms with van der Waals surface area (Å²) in [6.07, 6.45) is 0.800. The first-order chi connectivity index (χ1) is 8.47. The van der Waals surface area contributed by atoms with E-state index in [1.54, 1.807) is 18.2 Å². The fraction of sp³-hybridized carbons (Fsp3) is 0.308. The zero-order valence-corrected chi connectivity index (χ0v) is 11.7. The number of halogens is 2. The highest BCUT2D eigenvalue weighted by Crippen LogP contribution is 2.32. The van der Waals surface area contributed by atoms with Gasteiger partial charge in [0.05, 0.1) is 0 Å². The van der Waals surface area contributed by atoms with Gasteiger partial charge >= 0.3 is 0 Å². The van der Waals surface area contributed by atoms with E-state index >= 15 is 0 Å². The molecule has 1 aromatic carbocycles. The normalized spacial score (nSPS) is 11.2. The van der Waals surface area contributed by atoms with Crippen LogP contribution in [-0.2, 0) is 6.42 Å². The van der Waals surface area contributed by atoms with Crippen LogP contribution in [0.15, 0.2) is 22.7 Å². The number of anilines is 1. The van der Waals surface area contributed by atoms with Crippen molar-refractivity contribution in [3.63, 3.8) is 0 Å². The van der Waals surface area contributed by atoms with Gasteiger partial charge in [-0.25, -0.2) is 0 Å². The summed E-state index contributed by atoms with van der Waals surface area (Å²) in [4.78, 5) is 0. The van der Waals surface area contributed by atoms with E-state index in [4.69, 9.17) is 33.5 Å². The third kappa shape index (κ3) is 2.79. The molecule has 0 amide bonds. The molecular weight excluding hydrogens is 271 g/mol. The van der Waals surface area contributed by atoms with Gasteiger partial charge in [-0.15, -0.1) is 0 Å². The molecule has 0 spiro atoms. The Morgan fingerprint density at radius 2 is 1.83 bits per heavy atom. The number of aromatic nitrogens is 1. The minimum Gasteiger partial charge on any atom is -0.367 e. The van der Waals surface area contributed by atoms with Crippen molar-refractivity contribution in [1.29, 1.82) is 0 Å². The van der Waals surface area contributed by atoms with Crippen LogP contribution in [0, 0.1) is 5.92 Å². The number of benzene rings is 1. The Bertz CT molecular complexity index is 544. The maximum Gasteiger partial charge on any atom is 0.225 e. The molecule has 1 aromatic heterocycles. The van der Waals surface area contributed by atoms with Gasteiger partial charge < -0.3 is 10.3 Å². The summed E-state index contributed by atoms with van der Waals surface area (Å²) in [5.41, 5.74) is 8.25. The number of nitrogens with zero attached hydrogens (tertiary/aromatic N) is 1. The smallest absolute Gasteiger partial charge is 0.225 e. The molecule has 2 rings (SSSR count).